The van der Waals surface area contributed by atoms with Crippen LogP contribution in [0, 0.1) is 0 Å². The number of rotatable bonds is 13. The van der Waals surface area contributed by atoms with Crippen molar-refractivity contribution in [2.45, 2.75) is 44.4 Å². The molecule has 0 aliphatic carbocycles. The Hall–Kier alpha value is -1.26. The van der Waals surface area contributed by atoms with Crippen molar-refractivity contribution in [3.63, 3.8) is 0 Å². The van der Waals surface area contributed by atoms with Crippen molar-refractivity contribution >= 4 is 11.9 Å². The molecular weight excluding hydrogens is 320 g/mol. The van der Waals surface area contributed by atoms with Crippen LogP contribution in [0.3, 0.4) is 0 Å². The van der Waals surface area contributed by atoms with E-state index in [0.29, 0.717) is 25.8 Å². The number of hydrogen-bond donors (Lipinski definition) is 4. The van der Waals surface area contributed by atoms with Gasteiger partial charge in [0, 0.05) is 20.0 Å². The summed E-state index contributed by atoms with van der Waals surface area (Å²) >= 11 is 0. The zero-order valence-corrected chi connectivity index (χ0v) is 14.4. The van der Waals surface area contributed by atoms with Gasteiger partial charge in [-0.15, -0.1) is 0 Å². The van der Waals surface area contributed by atoms with E-state index in [0.717, 1.165) is 0 Å². The van der Waals surface area contributed by atoms with E-state index in [9.17, 15) is 19.8 Å². The van der Waals surface area contributed by atoms with Crippen LogP contribution in [0.15, 0.2) is 0 Å². The third-order valence-corrected chi connectivity index (χ3v) is 3.37. The highest BCUT2D eigenvalue weighted by Gasteiger charge is 2.17. The van der Waals surface area contributed by atoms with Crippen molar-refractivity contribution in [1.29, 1.82) is 0 Å². The summed E-state index contributed by atoms with van der Waals surface area (Å²) in [4.78, 5) is 23.7. The molecule has 0 spiro atoms. The molecule has 0 aromatic rings. The Labute approximate surface area is 142 Å². The van der Waals surface area contributed by atoms with Gasteiger partial charge < -0.3 is 30.5 Å². The van der Waals surface area contributed by atoms with Crippen molar-refractivity contribution < 1.29 is 34.4 Å². The average Bonchev–Trinajstić information content (AvgIpc) is 2.55. The number of nitrogens with two attached hydrogens (primary N) is 1. The molecule has 0 aromatic carbocycles. The van der Waals surface area contributed by atoms with E-state index in [1.807, 2.05) is 0 Å². The molecule has 0 saturated carbocycles. The van der Waals surface area contributed by atoms with Crippen molar-refractivity contribution in [2.75, 3.05) is 40.0 Å². The maximum atomic E-state index is 11.2. The summed E-state index contributed by atoms with van der Waals surface area (Å²) in [7, 11) is 1.28. The summed E-state index contributed by atoms with van der Waals surface area (Å²) in [5.74, 6) is -0.938. The standard InChI is InChI=1S/C15H30N2O7/c1-11(19)24-10-13(21)8-17(7-12(20)9-18)6-4-3-5-14(16)15(22)23-2/h12-14,18,20-21H,3-10,16H2,1-2H3. The average molecular weight is 350 g/mol. The van der Waals surface area contributed by atoms with Crippen LogP contribution in [0.5, 0.6) is 0 Å². The van der Waals surface area contributed by atoms with E-state index >= 15 is 0 Å². The summed E-state index contributed by atoms with van der Waals surface area (Å²) < 4.78 is 9.28. The molecule has 142 valence electrons. The molecule has 0 radical (unpaired) electrons. The Kier molecular flexibility index (Phi) is 12.4. The maximum absolute atomic E-state index is 11.2. The Morgan fingerprint density at radius 2 is 1.79 bits per heavy atom. The highest BCUT2D eigenvalue weighted by Crippen LogP contribution is 2.05. The molecule has 0 bridgehead atoms. The van der Waals surface area contributed by atoms with Crippen LogP contribution in [0.2, 0.25) is 0 Å². The lowest BCUT2D eigenvalue weighted by Crippen LogP contribution is -2.41. The van der Waals surface area contributed by atoms with Gasteiger partial charge in [0.05, 0.1) is 19.8 Å². The number of carbonyl (C=O) groups excluding carboxylic acids is 2. The molecule has 9 nitrogen and oxygen atoms in total. The van der Waals surface area contributed by atoms with Crippen LogP contribution >= 0.6 is 0 Å². The van der Waals surface area contributed by atoms with Crippen LogP contribution in [0.1, 0.15) is 26.2 Å². The highest BCUT2D eigenvalue weighted by atomic mass is 16.5. The number of hydrogen-bond acceptors (Lipinski definition) is 9. The predicted molar refractivity (Wildman–Crippen MR) is 86.0 cm³/mol. The fourth-order valence-electron chi connectivity index (χ4n) is 2.15. The number of carbonyl (C=O) groups is 2. The normalized spacial score (nSPS) is 15.0. The topological polar surface area (TPSA) is 143 Å². The largest absolute Gasteiger partial charge is 0.468 e. The monoisotopic (exact) mass is 350 g/mol. The molecule has 0 heterocycles. The molecule has 0 aliphatic heterocycles. The molecule has 3 unspecified atom stereocenters. The van der Waals surface area contributed by atoms with E-state index in [1.165, 1.54) is 14.0 Å². The SMILES string of the molecule is COC(=O)C(N)CCCCN(CC(O)CO)CC(O)COC(C)=O. The minimum atomic E-state index is -0.928. The van der Waals surface area contributed by atoms with Crippen LogP contribution in [-0.2, 0) is 19.1 Å². The number of aliphatic hydroxyl groups is 3. The van der Waals surface area contributed by atoms with Crippen LogP contribution in [0.25, 0.3) is 0 Å². The van der Waals surface area contributed by atoms with Gasteiger partial charge in [0.25, 0.3) is 0 Å². The lowest BCUT2D eigenvalue weighted by atomic mass is 10.1. The van der Waals surface area contributed by atoms with Gasteiger partial charge in [-0.25, -0.2) is 0 Å². The van der Waals surface area contributed by atoms with Gasteiger partial charge in [0.2, 0.25) is 0 Å². The quantitative estimate of drug-likeness (QED) is 0.224. The van der Waals surface area contributed by atoms with Gasteiger partial charge in [-0.2, -0.15) is 0 Å². The van der Waals surface area contributed by atoms with Crippen LogP contribution < -0.4 is 5.73 Å². The van der Waals surface area contributed by atoms with E-state index in [1.54, 1.807) is 4.90 Å². The summed E-state index contributed by atoms with van der Waals surface area (Å²) in [6.45, 7) is 1.63. The number of aliphatic hydroxyl groups excluding tert-OH is 3. The Morgan fingerprint density at radius 3 is 2.33 bits per heavy atom. The van der Waals surface area contributed by atoms with Gasteiger partial charge in [-0.05, 0) is 19.4 Å². The van der Waals surface area contributed by atoms with Crippen molar-refractivity contribution in [1.82, 2.24) is 4.90 Å². The van der Waals surface area contributed by atoms with Gasteiger partial charge in [0.15, 0.2) is 0 Å². The molecular formula is C15H30N2O7. The Morgan fingerprint density at radius 1 is 1.17 bits per heavy atom. The number of nitrogens with zero attached hydrogens (tertiary/aromatic N) is 1. The highest BCUT2D eigenvalue weighted by molar-refractivity contribution is 5.75. The molecule has 0 amide bonds. The van der Waals surface area contributed by atoms with E-state index in [4.69, 9.17) is 15.6 Å². The van der Waals surface area contributed by atoms with Crippen LogP contribution in [-0.4, -0.2) is 90.4 Å². The van der Waals surface area contributed by atoms with Gasteiger partial charge in [-0.3, -0.25) is 14.5 Å². The first-order valence-electron chi connectivity index (χ1n) is 7.96. The fraction of sp³-hybridized carbons (Fsp3) is 0.867. The minimum Gasteiger partial charge on any atom is -0.468 e. The first-order valence-corrected chi connectivity index (χ1v) is 7.96. The number of esters is 2. The molecule has 0 saturated heterocycles. The number of methoxy groups -OCH3 is 1. The molecule has 24 heavy (non-hydrogen) atoms. The lowest BCUT2D eigenvalue weighted by molar-refractivity contribution is -0.144. The van der Waals surface area contributed by atoms with E-state index < -0.39 is 30.2 Å². The van der Waals surface area contributed by atoms with Crippen molar-refractivity contribution in [2.24, 2.45) is 5.73 Å². The second kappa shape index (κ2) is 13.1. The second-order valence-electron chi connectivity index (χ2n) is 5.68. The molecule has 0 fully saturated rings. The summed E-state index contributed by atoms with van der Waals surface area (Å²) in [6.07, 6.45) is 0.00453. The molecule has 9 heteroatoms. The third-order valence-electron chi connectivity index (χ3n) is 3.37. The fourth-order valence-corrected chi connectivity index (χ4v) is 2.15. The molecule has 0 rings (SSSR count). The zero-order valence-electron chi connectivity index (χ0n) is 14.4. The van der Waals surface area contributed by atoms with Gasteiger partial charge in [0.1, 0.15) is 18.8 Å². The third kappa shape index (κ3) is 11.3. The number of ether oxygens (including phenoxy) is 2. The van der Waals surface area contributed by atoms with Crippen molar-refractivity contribution in [3.8, 4) is 0 Å². The van der Waals surface area contributed by atoms with Gasteiger partial charge >= 0.3 is 11.9 Å². The predicted octanol–water partition coefficient (Wildman–Crippen LogP) is -1.76. The summed E-state index contributed by atoms with van der Waals surface area (Å²) in [6, 6.07) is -0.666. The van der Waals surface area contributed by atoms with E-state index in [2.05, 4.69) is 4.74 Å². The minimum absolute atomic E-state index is 0.131. The van der Waals surface area contributed by atoms with Crippen LogP contribution in [0.4, 0.5) is 0 Å². The van der Waals surface area contributed by atoms with E-state index in [-0.39, 0.29) is 26.3 Å². The summed E-state index contributed by atoms with van der Waals surface area (Å²) in [5.41, 5.74) is 5.65. The second-order valence-corrected chi connectivity index (χ2v) is 5.68. The maximum Gasteiger partial charge on any atom is 0.322 e. The lowest BCUT2D eigenvalue weighted by Gasteiger charge is -2.26. The first-order chi connectivity index (χ1) is 11.3. The Bertz CT molecular complexity index is 368. The number of unbranched alkanes of at least 4 members (excludes halogenated alkanes) is 1. The Balaban J connectivity index is 4.25. The zero-order chi connectivity index (χ0) is 18.5. The first kappa shape index (κ1) is 22.7. The van der Waals surface area contributed by atoms with Gasteiger partial charge in [-0.1, -0.05) is 6.42 Å². The summed E-state index contributed by atoms with van der Waals surface area (Å²) in [5, 5.41) is 28.4. The molecule has 5 N–H and O–H groups in total. The molecule has 3 atom stereocenters. The van der Waals surface area contributed by atoms with Crippen molar-refractivity contribution in [3.05, 3.63) is 0 Å². The smallest absolute Gasteiger partial charge is 0.322 e. The molecule has 0 aliphatic rings. The molecule has 0 aromatic heterocycles.